The second-order valence-corrected chi connectivity index (χ2v) is 8.08. The number of thiophene rings is 1. The van der Waals surface area contributed by atoms with E-state index in [1.165, 1.54) is 21.8 Å². The van der Waals surface area contributed by atoms with Gasteiger partial charge in [0, 0.05) is 4.88 Å². The summed E-state index contributed by atoms with van der Waals surface area (Å²) in [6.07, 6.45) is 5.60. The largest absolute Gasteiger partial charge is 0.312 e. The number of carbonyl (C=O) groups excluding carboxylic acids is 1. The molecule has 0 fully saturated rings. The van der Waals surface area contributed by atoms with Crippen molar-refractivity contribution in [2.75, 3.05) is 5.32 Å². The molecule has 1 amide bonds. The Hall–Kier alpha value is -2.89. The van der Waals surface area contributed by atoms with Crippen molar-refractivity contribution in [2.45, 2.75) is 45.4 Å². The van der Waals surface area contributed by atoms with E-state index in [9.17, 15) is 15.3 Å². The quantitative estimate of drug-likeness (QED) is 0.592. The Labute approximate surface area is 163 Å². The van der Waals surface area contributed by atoms with Crippen LogP contribution in [0.4, 0.5) is 5.00 Å². The molecule has 3 rings (SSSR count). The van der Waals surface area contributed by atoms with Crippen molar-refractivity contribution >= 4 is 28.3 Å². The number of benzene rings is 1. The van der Waals surface area contributed by atoms with Crippen LogP contribution < -0.4 is 5.32 Å². The van der Waals surface area contributed by atoms with Crippen LogP contribution in [-0.2, 0) is 17.6 Å². The average Bonchev–Trinajstić information content (AvgIpc) is 3.03. The second kappa shape index (κ2) is 8.20. The second-order valence-electron chi connectivity index (χ2n) is 6.97. The van der Waals surface area contributed by atoms with Gasteiger partial charge in [-0.1, -0.05) is 38.1 Å². The SMILES string of the molecule is CC(C)c1ccc(/C=C(\C#N)C(=O)Nc2sc3c(c2C#N)CCCC3)cc1. The molecule has 4 nitrogen and oxygen atoms in total. The first kappa shape index (κ1) is 18.9. The summed E-state index contributed by atoms with van der Waals surface area (Å²) in [4.78, 5) is 13.8. The molecule has 1 aromatic heterocycles. The third kappa shape index (κ3) is 4.10. The highest BCUT2D eigenvalue weighted by Crippen LogP contribution is 2.37. The van der Waals surface area contributed by atoms with Gasteiger partial charge in [-0.3, -0.25) is 4.79 Å². The number of nitrogens with one attached hydrogen (secondary N) is 1. The molecule has 0 spiro atoms. The molecule has 27 heavy (non-hydrogen) atoms. The van der Waals surface area contributed by atoms with Crippen LogP contribution in [0.5, 0.6) is 0 Å². The molecule has 2 aromatic rings. The first-order valence-corrected chi connectivity index (χ1v) is 9.93. The van der Waals surface area contributed by atoms with Gasteiger partial charge in [0.25, 0.3) is 5.91 Å². The van der Waals surface area contributed by atoms with Gasteiger partial charge in [0.1, 0.15) is 22.7 Å². The molecule has 5 heteroatoms. The summed E-state index contributed by atoms with van der Waals surface area (Å²) >= 11 is 1.46. The number of nitrogens with zero attached hydrogens (tertiary/aromatic N) is 2. The number of nitriles is 2. The van der Waals surface area contributed by atoms with E-state index < -0.39 is 5.91 Å². The Kier molecular flexibility index (Phi) is 5.74. The number of anilines is 1. The highest BCUT2D eigenvalue weighted by molar-refractivity contribution is 7.16. The minimum atomic E-state index is -0.472. The lowest BCUT2D eigenvalue weighted by Gasteiger charge is -2.09. The fourth-order valence-corrected chi connectivity index (χ4v) is 4.47. The Morgan fingerprint density at radius 3 is 2.52 bits per heavy atom. The number of rotatable bonds is 4. The van der Waals surface area contributed by atoms with Gasteiger partial charge in [-0.25, -0.2) is 0 Å². The Morgan fingerprint density at radius 1 is 1.19 bits per heavy atom. The van der Waals surface area contributed by atoms with Crippen LogP contribution in [0, 0.1) is 22.7 Å². The monoisotopic (exact) mass is 375 g/mol. The molecule has 1 N–H and O–H groups in total. The molecule has 0 aliphatic heterocycles. The van der Waals surface area contributed by atoms with Crippen molar-refractivity contribution in [3.8, 4) is 12.1 Å². The van der Waals surface area contributed by atoms with Gasteiger partial charge in [-0.15, -0.1) is 11.3 Å². The van der Waals surface area contributed by atoms with E-state index in [1.807, 2.05) is 30.3 Å². The number of amides is 1. The standard InChI is InChI=1S/C22H21N3OS/c1-14(2)16-9-7-15(8-10-16)11-17(12-23)21(26)25-22-19(13-24)18-5-3-4-6-20(18)27-22/h7-11,14H,3-6H2,1-2H3,(H,25,26)/b17-11+. The lowest BCUT2D eigenvalue weighted by atomic mass is 9.96. The van der Waals surface area contributed by atoms with E-state index in [0.717, 1.165) is 36.8 Å². The highest BCUT2D eigenvalue weighted by Gasteiger charge is 2.22. The molecule has 0 atom stereocenters. The zero-order valence-corrected chi connectivity index (χ0v) is 16.3. The van der Waals surface area contributed by atoms with E-state index >= 15 is 0 Å². The normalized spacial score (nSPS) is 13.6. The maximum absolute atomic E-state index is 12.6. The fraction of sp³-hybridized carbons (Fsp3) is 0.318. The molecule has 1 aliphatic rings. The van der Waals surface area contributed by atoms with Crippen LogP contribution in [0.25, 0.3) is 6.08 Å². The van der Waals surface area contributed by atoms with Crippen LogP contribution in [0.3, 0.4) is 0 Å². The molecule has 1 aliphatic carbocycles. The lowest BCUT2D eigenvalue weighted by Crippen LogP contribution is -2.13. The number of aryl methyl sites for hydroxylation is 1. The number of carbonyl (C=O) groups is 1. The summed E-state index contributed by atoms with van der Waals surface area (Å²) in [7, 11) is 0. The van der Waals surface area contributed by atoms with E-state index in [0.29, 0.717) is 16.5 Å². The summed E-state index contributed by atoms with van der Waals surface area (Å²) in [5, 5.41) is 22.3. The van der Waals surface area contributed by atoms with Gasteiger partial charge in [-0.05, 0) is 54.4 Å². The van der Waals surface area contributed by atoms with Crippen LogP contribution in [0.2, 0.25) is 0 Å². The molecule has 0 bridgehead atoms. The van der Waals surface area contributed by atoms with Crippen molar-refractivity contribution in [1.82, 2.24) is 0 Å². The molecular formula is C22H21N3OS. The molecule has 0 saturated carbocycles. The number of fused-ring (bicyclic) bond motifs is 1. The van der Waals surface area contributed by atoms with Crippen molar-refractivity contribution in [3.05, 3.63) is 57.0 Å². The topological polar surface area (TPSA) is 76.7 Å². The van der Waals surface area contributed by atoms with E-state index in [4.69, 9.17) is 0 Å². The van der Waals surface area contributed by atoms with E-state index in [2.05, 4.69) is 25.2 Å². The Balaban J connectivity index is 1.83. The summed E-state index contributed by atoms with van der Waals surface area (Å²) in [6, 6.07) is 12.0. The summed E-state index contributed by atoms with van der Waals surface area (Å²) in [5.41, 5.74) is 3.66. The maximum Gasteiger partial charge on any atom is 0.266 e. The Morgan fingerprint density at radius 2 is 1.89 bits per heavy atom. The van der Waals surface area contributed by atoms with Crippen molar-refractivity contribution in [1.29, 1.82) is 10.5 Å². The molecule has 0 unspecified atom stereocenters. The predicted molar refractivity (Wildman–Crippen MR) is 108 cm³/mol. The average molecular weight is 375 g/mol. The third-order valence-electron chi connectivity index (χ3n) is 4.79. The molecule has 0 saturated heterocycles. The first-order chi connectivity index (χ1) is 13.0. The van der Waals surface area contributed by atoms with Crippen LogP contribution in [0.1, 0.15) is 59.7 Å². The van der Waals surface area contributed by atoms with E-state index in [-0.39, 0.29) is 5.57 Å². The van der Waals surface area contributed by atoms with Gasteiger partial charge in [0.15, 0.2) is 0 Å². The zero-order chi connectivity index (χ0) is 19.4. The molecular weight excluding hydrogens is 354 g/mol. The zero-order valence-electron chi connectivity index (χ0n) is 15.5. The van der Waals surface area contributed by atoms with Crippen LogP contribution >= 0.6 is 11.3 Å². The lowest BCUT2D eigenvalue weighted by molar-refractivity contribution is -0.112. The highest BCUT2D eigenvalue weighted by atomic mass is 32.1. The molecule has 136 valence electrons. The smallest absolute Gasteiger partial charge is 0.266 e. The molecule has 0 radical (unpaired) electrons. The minimum absolute atomic E-state index is 0.0301. The van der Waals surface area contributed by atoms with Crippen molar-refractivity contribution in [2.24, 2.45) is 0 Å². The van der Waals surface area contributed by atoms with Gasteiger partial charge in [0.2, 0.25) is 0 Å². The van der Waals surface area contributed by atoms with Gasteiger partial charge in [0.05, 0.1) is 5.56 Å². The number of hydrogen-bond acceptors (Lipinski definition) is 4. The fourth-order valence-electron chi connectivity index (χ4n) is 3.24. The van der Waals surface area contributed by atoms with Crippen LogP contribution in [-0.4, -0.2) is 5.91 Å². The first-order valence-electron chi connectivity index (χ1n) is 9.11. The summed E-state index contributed by atoms with van der Waals surface area (Å²) < 4.78 is 0. The van der Waals surface area contributed by atoms with Crippen molar-refractivity contribution < 1.29 is 4.79 Å². The van der Waals surface area contributed by atoms with Gasteiger partial charge < -0.3 is 5.32 Å². The molecule has 1 heterocycles. The molecule has 1 aromatic carbocycles. The third-order valence-corrected chi connectivity index (χ3v) is 6.00. The van der Waals surface area contributed by atoms with E-state index in [1.54, 1.807) is 6.08 Å². The van der Waals surface area contributed by atoms with Crippen LogP contribution in [0.15, 0.2) is 29.8 Å². The van der Waals surface area contributed by atoms with Gasteiger partial charge >= 0.3 is 0 Å². The number of hydrogen-bond donors (Lipinski definition) is 1. The predicted octanol–water partition coefficient (Wildman–Crippen LogP) is 5.17. The van der Waals surface area contributed by atoms with Gasteiger partial charge in [-0.2, -0.15) is 10.5 Å². The minimum Gasteiger partial charge on any atom is -0.312 e. The summed E-state index contributed by atoms with van der Waals surface area (Å²) in [6.45, 7) is 4.23. The Bertz CT molecular complexity index is 969. The maximum atomic E-state index is 12.6. The van der Waals surface area contributed by atoms with Crippen molar-refractivity contribution in [3.63, 3.8) is 0 Å². The summed E-state index contributed by atoms with van der Waals surface area (Å²) in [5.74, 6) is -0.0448.